The summed E-state index contributed by atoms with van der Waals surface area (Å²) in [5, 5.41) is 10.8. The molecule has 0 bridgehead atoms. The zero-order valence-electron chi connectivity index (χ0n) is 16.9. The number of rotatable bonds is 6. The quantitative estimate of drug-likeness (QED) is 0.328. The first-order valence-corrected chi connectivity index (χ1v) is 11.0. The van der Waals surface area contributed by atoms with Gasteiger partial charge in [-0.1, -0.05) is 49.3 Å². The first kappa shape index (κ1) is 21.1. The normalized spacial score (nSPS) is 11.2. The number of aromatic nitrogens is 4. The number of benzene rings is 2. The molecule has 0 radical (unpaired) electrons. The summed E-state index contributed by atoms with van der Waals surface area (Å²) < 4.78 is 1.46. The van der Waals surface area contributed by atoms with E-state index < -0.39 is 0 Å². The van der Waals surface area contributed by atoms with E-state index in [1.165, 1.54) is 28.1 Å². The number of aromatic amines is 1. The van der Waals surface area contributed by atoms with Crippen LogP contribution in [0.4, 0.5) is 5.69 Å². The number of hydrogen-bond donors (Lipinski definition) is 2. The van der Waals surface area contributed by atoms with E-state index in [1.807, 2.05) is 24.3 Å². The second-order valence-electron chi connectivity index (χ2n) is 7.26. The van der Waals surface area contributed by atoms with Crippen LogP contribution in [-0.4, -0.2) is 31.4 Å². The van der Waals surface area contributed by atoms with Gasteiger partial charge in [-0.15, -0.1) is 0 Å². The first-order valence-electron chi connectivity index (χ1n) is 9.67. The third-order valence-corrected chi connectivity index (χ3v) is 5.92. The predicted molar refractivity (Wildman–Crippen MR) is 124 cm³/mol. The van der Waals surface area contributed by atoms with Crippen LogP contribution < -0.4 is 10.9 Å². The molecule has 4 aromatic rings. The fraction of sp³-hybridized carbons (Fsp3) is 0.182. The van der Waals surface area contributed by atoms with Crippen LogP contribution in [0.15, 0.2) is 64.7 Å². The molecule has 4 rings (SSSR count). The van der Waals surface area contributed by atoms with Crippen LogP contribution in [-0.2, 0) is 4.79 Å². The fourth-order valence-corrected chi connectivity index (χ4v) is 4.00. The second kappa shape index (κ2) is 8.95. The Morgan fingerprint density at radius 1 is 1.16 bits per heavy atom. The molecule has 1 amide bonds. The Balaban J connectivity index is 1.57. The predicted octanol–water partition coefficient (Wildman–Crippen LogP) is 4.62. The zero-order valence-corrected chi connectivity index (χ0v) is 18.5. The maximum atomic E-state index is 13.0. The van der Waals surface area contributed by atoms with E-state index in [9.17, 15) is 9.59 Å². The van der Waals surface area contributed by atoms with Crippen LogP contribution in [0.25, 0.3) is 16.7 Å². The van der Waals surface area contributed by atoms with Gasteiger partial charge in [0.25, 0.3) is 5.56 Å². The molecule has 2 aromatic carbocycles. The summed E-state index contributed by atoms with van der Waals surface area (Å²) in [5.74, 6) is 0.322. The van der Waals surface area contributed by atoms with Gasteiger partial charge in [0, 0.05) is 10.7 Å². The standard InChI is InChI=1S/C22H20ClN5O2S/c1-13(2)14-3-7-16(8-4-14)25-19(29)12-31-22-26-20-18(11-24-27-20)21(30)28(22)17-9-5-15(23)6-10-17/h3-11,13H,12H2,1-2H3,(H,24,27)(H,25,29). The number of anilines is 1. The van der Waals surface area contributed by atoms with Crippen molar-refractivity contribution in [1.29, 1.82) is 0 Å². The van der Waals surface area contributed by atoms with Crippen molar-refractivity contribution in [3.63, 3.8) is 0 Å². The van der Waals surface area contributed by atoms with Crippen molar-refractivity contribution in [3.8, 4) is 5.69 Å². The molecule has 7 nitrogen and oxygen atoms in total. The Morgan fingerprint density at radius 3 is 2.55 bits per heavy atom. The Morgan fingerprint density at radius 2 is 1.87 bits per heavy atom. The molecule has 0 aliphatic rings. The fourth-order valence-electron chi connectivity index (χ4n) is 3.07. The van der Waals surface area contributed by atoms with Crippen LogP contribution >= 0.6 is 23.4 Å². The molecule has 2 heterocycles. The van der Waals surface area contributed by atoms with Crippen LogP contribution in [0.5, 0.6) is 0 Å². The molecule has 0 spiro atoms. The van der Waals surface area contributed by atoms with Gasteiger partial charge in [0.1, 0.15) is 5.39 Å². The second-order valence-corrected chi connectivity index (χ2v) is 8.64. The number of fused-ring (bicyclic) bond motifs is 1. The molecular weight excluding hydrogens is 434 g/mol. The van der Waals surface area contributed by atoms with Crippen molar-refractivity contribution in [1.82, 2.24) is 19.7 Å². The van der Waals surface area contributed by atoms with Gasteiger partial charge in [0.2, 0.25) is 5.91 Å². The van der Waals surface area contributed by atoms with Crippen LogP contribution in [0.1, 0.15) is 25.3 Å². The van der Waals surface area contributed by atoms with Crippen LogP contribution in [0, 0.1) is 0 Å². The maximum Gasteiger partial charge on any atom is 0.269 e. The number of carbonyl (C=O) groups is 1. The lowest BCUT2D eigenvalue weighted by atomic mass is 10.0. The molecule has 2 aromatic heterocycles. The summed E-state index contributed by atoms with van der Waals surface area (Å²) in [6, 6.07) is 14.6. The molecule has 0 fully saturated rings. The molecule has 0 aliphatic heterocycles. The Labute approximate surface area is 187 Å². The van der Waals surface area contributed by atoms with Gasteiger partial charge >= 0.3 is 0 Å². The number of thioether (sulfide) groups is 1. The van der Waals surface area contributed by atoms with Crippen molar-refractivity contribution < 1.29 is 4.79 Å². The molecule has 31 heavy (non-hydrogen) atoms. The highest BCUT2D eigenvalue weighted by Gasteiger charge is 2.16. The number of halogens is 1. The molecule has 0 saturated heterocycles. The number of nitrogens with zero attached hydrogens (tertiary/aromatic N) is 3. The van der Waals surface area contributed by atoms with Crippen LogP contribution in [0.3, 0.4) is 0 Å². The number of H-pyrrole nitrogens is 1. The molecule has 0 aliphatic carbocycles. The van der Waals surface area contributed by atoms with Crippen molar-refractivity contribution in [2.75, 3.05) is 11.1 Å². The minimum absolute atomic E-state index is 0.0889. The number of carbonyl (C=O) groups excluding carboxylic acids is 1. The van der Waals surface area contributed by atoms with Crippen LogP contribution in [0.2, 0.25) is 5.02 Å². The maximum absolute atomic E-state index is 13.0. The third kappa shape index (κ3) is 4.65. The Bertz CT molecular complexity index is 1280. The largest absolute Gasteiger partial charge is 0.325 e. The minimum Gasteiger partial charge on any atom is -0.325 e. The van der Waals surface area contributed by atoms with Crippen molar-refractivity contribution in [2.45, 2.75) is 24.9 Å². The van der Waals surface area contributed by atoms with Gasteiger partial charge in [-0.05, 0) is 47.9 Å². The van der Waals surface area contributed by atoms with E-state index in [4.69, 9.17) is 11.6 Å². The van der Waals surface area contributed by atoms with Gasteiger partial charge in [-0.3, -0.25) is 19.3 Å². The highest BCUT2D eigenvalue weighted by molar-refractivity contribution is 7.99. The summed E-state index contributed by atoms with van der Waals surface area (Å²) in [5.41, 5.74) is 2.64. The van der Waals surface area contributed by atoms with E-state index in [0.29, 0.717) is 32.8 Å². The van der Waals surface area contributed by atoms with Crippen molar-refractivity contribution in [3.05, 3.63) is 75.7 Å². The van der Waals surface area contributed by atoms with E-state index >= 15 is 0 Å². The molecule has 0 unspecified atom stereocenters. The average Bonchev–Trinajstić information content (AvgIpc) is 3.23. The lowest BCUT2D eigenvalue weighted by molar-refractivity contribution is -0.113. The van der Waals surface area contributed by atoms with Crippen molar-refractivity contribution >= 4 is 46.0 Å². The summed E-state index contributed by atoms with van der Waals surface area (Å²) in [6.45, 7) is 4.24. The van der Waals surface area contributed by atoms with E-state index in [-0.39, 0.29) is 17.2 Å². The van der Waals surface area contributed by atoms with Gasteiger partial charge in [-0.2, -0.15) is 5.10 Å². The smallest absolute Gasteiger partial charge is 0.269 e. The summed E-state index contributed by atoms with van der Waals surface area (Å²) in [6.07, 6.45) is 1.44. The summed E-state index contributed by atoms with van der Waals surface area (Å²) >= 11 is 7.16. The first-order chi connectivity index (χ1) is 14.9. The molecule has 158 valence electrons. The zero-order chi connectivity index (χ0) is 22.0. The van der Waals surface area contributed by atoms with Gasteiger partial charge in [0.05, 0.1) is 17.6 Å². The summed E-state index contributed by atoms with van der Waals surface area (Å²) in [7, 11) is 0. The highest BCUT2D eigenvalue weighted by Crippen LogP contribution is 2.22. The summed E-state index contributed by atoms with van der Waals surface area (Å²) in [4.78, 5) is 30.0. The Kier molecular flexibility index (Phi) is 6.11. The van der Waals surface area contributed by atoms with E-state index in [1.54, 1.807) is 24.3 Å². The number of nitrogens with one attached hydrogen (secondary N) is 2. The average molecular weight is 454 g/mol. The van der Waals surface area contributed by atoms with E-state index in [0.717, 1.165) is 5.69 Å². The lowest BCUT2D eigenvalue weighted by Gasteiger charge is -2.12. The van der Waals surface area contributed by atoms with E-state index in [2.05, 4.69) is 34.3 Å². The van der Waals surface area contributed by atoms with Crippen molar-refractivity contribution in [2.24, 2.45) is 0 Å². The SMILES string of the molecule is CC(C)c1ccc(NC(=O)CSc2nc3[nH]ncc3c(=O)n2-c2ccc(Cl)cc2)cc1. The lowest BCUT2D eigenvalue weighted by Crippen LogP contribution is -2.22. The molecule has 0 atom stereocenters. The van der Waals surface area contributed by atoms with Gasteiger partial charge in [-0.25, -0.2) is 4.98 Å². The Hall–Kier alpha value is -3.10. The monoisotopic (exact) mass is 453 g/mol. The molecule has 0 saturated carbocycles. The molecule has 9 heteroatoms. The molecular formula is C22H20ClN5O2S. The number of hydrogen-bond acceptors (Lipinski definition) is 5. The highest BCUT2D eigenvalue weighted by atomic mass is 35.5. The number of amides is 1. The topological polar surface area (TPSA) is 92.7 Å². The van der Waals surface area contributed by atoms with Gasteiger partial charge in [0.15, 0.2) is 10.8 Å². The minimum atomic E-state index is -0.270. The molecule has 2 N–H and O–H groups in total. The third-order valence-electron chi connectivity index (χ3n) is 4.73. The van der Waals surface area contributed by atoms with Gasteiger partial charge < -0.3 is 5.32 Å².